The van der Waals surface area contributed by atoms with Gasteiger partial charge in [-0.2, -0.15) is 0 Å². The van der Waals surface area contributed by atoms with Crippen molar-refractivity contribution >= 4 is 28.8 Å². The Morgan fingerprint density at radius 1 is 1.62 bits per heavy atom. The highest BCUT2D eigenvalue weighted by atomic mass is 35.5. The average Bonchev–Trinajstić information content (AvgIpc) is 2.63. The molecule has 0 aliphatic rings. The molecule has 0 aliphatic carbocycles. The van der Waals surface area contributed by atoms with Gasteiger partial charge in [0.2, 0.25) is 5.91 Å². The first-order valence-corrected chi connectivity index (χ1v) is 6.40. The number of carbonyl (C=O) groups excluding carboxylic acids is 1. The van der Waals surface area contributed by atoms with Crippen LogP contribution in [0.2, 0.25) is 4.34 Å². The predicted molar refractivity (Wildman–Crippen MR) is 68.9 cm³/mol. The van der Waals surface area contributed by atoms with E-state index in [0.29, 0.717) is 25.4 Å². The second kappa shape index (κ2) is 6.23. The van der Waals surface area contributed by atoms with Crippen molar-refractivity contribution in [3.63, 3.8) is 0 Å². The number of halogens is 1. The summed E-state index contributed by atoms with van der Waals surface area (Å²) in [7, 11) is 1.81. The lowest BCUT2D eigenvalue weighted by Gasteiger charge is -2.20. The Labute approximate surface area is 105 Å². The van der Waals surface area contributed by atoms with Crippen molar-refractivity contribution in [2.24, 2.45) is 11.7 Å². The van der Waals surface area contributed by atoms with Crippen molar-refractivity contribution in [3.8, 4) is 0 Å². The summed E-state index contributed by atoms with van der Waals surface area (Å²) in [5, 5.41) is 0. The zero-order valence-corrected chi connectivity index (χ0v) is 11.1. The van der Waals surface area contributed by atoms with E-state index in [1.165, 1.54) is 11.3 Å². The summed E-state index contributed by atoms with van der Waals surface area (Å²) >= 11 is 7.26. The Kier molecular flexibility index (Phi) is 5.25. The first kappa shape index (κ1) is 13.5. The number of rotatable bonds is 5. The van der Waals surface area contributed by atoms with Crippen LogP contribution in [-0.4, -0.2) is 30.9 Å². The Morgan fingerprint density at radius 2 is 2.31 bits per heavy atom. The second-order valence-corrected chi connectivity index (χ2v) is 5.80. The van der Waals surface area contributed by atoms with Gasteiger partial charge in [0.25, 0.3) is 0 Å². The first-order valence-electron chi connectivity index (χ1n) is 5.21. The summed E-state index contributed by atoms with van der Waals surface area (Å²) in [4.78, 5) is 14.6. The molecular weight excluding hydrogens is 244 g/mol. The molecule has 0 spiro atoms. The molecule has 0 saturated heterocycles. The van der Waals surface area contributed by atoms with Crippen LogP contribution in [0, 0.1) is 5.92 Å². The minimum absolute atomic E-state index is 0.110. The maximum atomic E-state index is 11.8. The molecule has 0 radical (unpaired) electrons. The molecule has 1 aromatic rings. The molecule has 5 heteroatoms. The van der Waals surface area contributed by atoms with Gasteiger partial charge in [-0.05, 0) is 24.6 Å². The Balaban J connectivity index is 2.45. The van der Waals surface area contributed by atoms with E-state index in [4.69, 9.17) is 17.3 Å². The molecule has 2 N–H and O–H groups in total. The fourth-order valence-corrected chi connectivity index (χ4v) is 2.45. The van der Waals surface area contributed by atoms with E-state index < -0.39 is 0 Å². The Bertz CT molecular complexity index is 354. The van der Waals surface area contributed by atoms with E-state index >= 15 is 0 Å². The Hall–Kier alpha value is -0.580. The van der Waals surface area contributed by atoms with Crippen LogP contribution in [0.15, 0.2) is 12.1 Å². The molecule has 0 aromatic carbocycles. The molecule has 0 saturated carbocycles. The van der Waals surface area contributed by atoms with Crippen LogP contribution in [0.25, 0.3) is 0 Å². The van der Waals surface area contributed by atoms with Gasteiger partial charge in [0, 0.05) is 18.5 Å². The normalized spacial score (nSPS) is 12.5. The van der Waals surface area contributed by atoms with Gasteiger partial charge < -0.3 is 10.6 Å². The second-order valence-electron chi connectivity index (χ2n) is 4.00. The summed E-state index contributed by atoms with van der Waals surface area (Å²) in [6, 6.07) is 3.71. The summed E-state index contributed by atoms with van der Waals surface area (Å²) < 4.78 is 0.723. The molecule has 0 aliphatic heterocycles. The van der Waals surface area contributed by atoms with Crippen LogP contribution < -0.4 is 5.73 Å². The largest absolute Gasteiger partial charge is 0.345 e. The van der Waals surface area contributed by atoms with E-state index in [9.17, 15) is 4.79 Å². The van der Waals surface area contributed by atoms with E-state index in [-0.39, 0.29) is 5.91 Å². The number of thiophene rings is 1. The molecule has 1 unspecified atom stereocenters. The first-order chi connectivity index (χ1) is 7.52. The molecule has 1 heterocycles. The monoisotopic (exact) mass is 260 g/mol. The molecule has 1 aromatic heterocycles. The van der Waals surface area contributed by atoms with Gasteiger partial charge in [0.1, 0.15) is 0 Å². The maximum Gasteiger partial charge on any atom is 0.227 e. The highest BCUT2D eigenvalue weighted by Crippen LogP contribution is 2.22. The highest BCUT2D eigenvalue weighted by molar-refractivity contribution is 7.16. The molecule has 0 bridgehead atoms. The number of hydrogen-bond acceptors (Lipinski definition) is 3. The molecule has 1 atom stereocenters. The zero-order valence-electron chi connectivity index (χ0n) is 9.57. The SMILES string of the molecule is CC(CN)CN(C)C(=O)Cc1ccc(Cl)s1. The topological polar surface area (TPSA) is 46.3 Å². The van der Waals surface area contributed by atoms with Gasteiger partial charge in [0.15, 0.2) is 0 Å². The van der Waals surface area contributed by atoms with E-state index in [2.05, 4.69) is 0 Å². The van der Waals surface area contributed by atoms with Crippen molar-refractivity contribution in [2.75, 3.05) is 20.1 Å². The van der Waals surface area contributed by atoms with E-state index in [1.807, 2.05) is 26.1 Å². The lowest BCUT2D eigenvalue weighted by molar-refractivity contribution is -0.129. The predicted octanol–water partition coefficient (Wildman–Crippen LogP) is 2.00. The lowest BCUT2D eigenvalue weighted by Crippen LogP contribution is -2.34. The van der Waals surface area contributed by atoms with Crippen molar-refractivity contribution in [3.05, 3.63) is 21.3 Å². The van der Waals surface area contributed by atoms with Gasteiger partial charge in [-0.1, -0.05) is 18.5 Å². The van der Waals surface area contributed by atoms with Gasteiger partial charge in [-0.15, -0.1) is 11.3 Å². The van der Waals surface area contributed by atoms with Crippen LogP contribution >= 0.6 is 22.9 Å². The van der Waals surface area contributed by atoms with Crippen LogP contribution in [0.3, 0.4) is 0 Å². The summed E-state index contributed by atoms with van der Waals surface area (Å²) in [5.74, 6) is 0.444. The van der Waals surface area contributed by atoms with Crippen molar-refractivity contribution in [1.29, 1.82) is 0 Å². The number of carbonyl (C=O) groups is 1. The van der Waals surface area contributed by atoms with E-state index in [0.717, 1.165) is 9.21 Å². The quantitative estimate of drug-likeness (QED) is 0.880. The van der Waals surface area contributed by atoms with Crippen molar-refractivity contribution < 1.29 is 4.79 Å². The molecule has 1 amide bonds. The number of amides is 1. The number of hydrogen-bond donors (Lipinski definition) is 1. The van der Waals surface area contributed by atoms with Crippen LogP contribution in [0.5, 0.6) is 0 Å². The van der Waals surface area contributed by atoms with Gasteiger partial charge in [-0.25, -0.2) is 0 Å². The molecule has 3 nitrogen and oxygen atoms in total. The van der Waals surface area contributed by atoms with Crippen LogP contribution in [-0.2, 0) is 11.2 Å². The molecule has 0 fully saturated rings. The summed E-state index contributed by atoms with van der Waals surface area (Å²) in [6.07, 6.45) is 0.422. The third-order valence-corrected chi connectivity index (χ3v) is 3.60. The lowest BCUT2D eigenvalue weighted by atomic mass is 10.1. The fraction of sp³-hybridized carbons (Fsp3) is 0.545. The third kappa shape index (κ3) is 4.12. The Morgan fingerprint density at radius 3 is 2.81 bits per heavy atom. The highest BCUT2D eigenvalue weighted by Gasteiger charge is 2.13. The number of likely N-dealkylation sites (N-methyl/N-ethyl adjacent to an activating group) is 1. The van der Waals surface area contributed by atoms with Crippen molar-refractivity contribution in [2.45, 2.75) is 13.3 Å². The van der Waals surface area contributed by atoms with Gasteiger partial charge >= 0.3 is 0 Å². The van der Waals surface area contributed by atoms with Gasteiger partial charge in [-0.3, -0.25) is 4.79 Å². The summed E-state index contributed by atoms with van der Waals surface area (Å²) in [6.45, 7) is 3.34. The molecule has 1 rings (SSSR count). The zero-order chi connectivity index (χ0) is 12.1. The molecular formula is C11H17ClN2OS. The minimum atomic E-state index is 0.110. The standard InChI is InChI=1S/C11H17ClN2OS/c1-8(6-13)7-14(2)11(15)5-9-3-4-10(12)16-9/h3-4,8H,5-7,13H2,1-2H3. The third-order valence-electron chi connectivity index (χ3n) is 2.37. The van der Waals surface area contributed by atoms with Crippen molar-refractivity contribution in [1.82, 2.24) is 4.90 Å². The number of nitrogens with two attached hydrogens (primary N) is 1. The summed E-state index contributed by atoms with van der Waals surface area (Å²) in [5.41, 5.74) is 5.52. The van der Waals surface area contributed by atoms with E-state index in [1.54, 1.807) is 4.90 Å². The van der Waals surface area contributed by atoms with Gasteiger partial charge in [0.05, 0.1) is 10.8 Å². The fourth-order valence-electron chi connectivity index (χ4n) is 1.37. The van der Waals surface area contributed by atoms with Crippen LogP contribution in [0.4, 0.5) is 0 Å². The minimum Gasteiger partial charge on any atom is -0.345 e. The van der Waals surface area contributed by atoms with Crippen LogP contribution in [0.1, 0.15) is 11.8 Å². The average molecular weight is 261 g/mol. The molecule has 16 heavy (non-hydrogen) atoms. The maximum absolute atomic E-state index is 11.8. The molecule has 90 valence electrons. The smallest absolute Gasteiger partial charge is 0.227 e. The number of nitrogens with zero attached hydrogens (tertiary/aromatic N) is 1.